The summed E-state index contributed by atoms with van der Waals surface area (Å²) in [6.45, 7) is 1.59. The lowest BCUT2D eigenvalue weighted by molar-refractivity contribution is 0.313. The van der Waals surface area contributed by atoms with E-state index in [-0.39, 0.29) is 6.04 Å². The third-order valence-electron chi connectivity index (χ3n) is 4.32. The number of nitrogens with zero attached hydrogens (tertiary/aromatic N) is 4. The molecule has 6 nitrogen and oxygen atoms in total. The normalized spacial score (nSPS) is 17.3. The predicted molar refractivity (Wildman–Crippen MR) is 87.4 cm³/mol. The molecule has 1 aliphatic rings. The second-order valence-corrected chi connectivity index (χ2v) is 7.75. The van der Waals surface area contributed by atoms with Gasteiger partial charge in [0, 0.05) is 31.6 Å². The maximum absolute atomic E-state index is 11.6. The molecule has 0 saturated carbocycles. The number of rotatable bonds is 3. The van der Waals surface area contributed by atoms with Crippen LogP contribution < -0.4 is 4.90 Å². The van der Waals surface area contributed by atoms with E-state index >= 15 is 0 Å². The topological polar surface area (TPSA) is 66.4 Å². The van der Waals surface area contributed by atoms with Crippen molar-refractivity contribution in [2.24, 2.45) is 0 Å². The molecule has 7 heteroatoms. The van der Waals surface area contributed by atoms with E-state index in [4.69, 9.17) is 0 Å². The molecular weight excluding hydrogens is 300 g/mol. The molecule has 1 aromatic carbocycles. The van der Waals surface area contributed by atoms with Crippen LogP contribution in [0.1, 0.15) is 12.8 Å². The molecular formula is C15H20N4O2S. The van der Waals surface area contributed by atoms with Gasteiger partial charge in [0.2, 0.25) is 10.0 Å². The van der Waals surface area contributed by atoms with Gasteiger partial charge in [0.1, 0.15) is 12.1 Å². The fraction of sp³-hybridized carbons (Fsp3) is 0.467. The van der Waals surface area contributed by atoms with Crippen LogP contribution in [-0.2, 0) is 10.0 Å². The number of hydrogen-bond acceptors (Lipinski definition) is 5. The van der Waals surface area contributed by atoms with Gasteiger partial charge in [-0.05, 0) is 25.0 Å². The highest BCUT2D eigenvalue weighted by molar-refractivity contribution is 7.88. The Hall–Kier alpha value is -1.73. The Morgan fingerprint density at radius 2 is 1.86 bits per heavy atom. The maximum atomic E-state index is 11.6. The molecule has 3 rings (SSSR count). The van der Waals surface area contributed by atoms with Crippen LogP contribution in [0.2, 0.25) is 0 Å². The van der Waals surface area contributed by atoms with Crippen molar-refractivity contribution in [2.45, 2.75) is 18.9 Å². The van der Waals surface area contributed by atoms with Crippen molar-refractivity contribution in [1.82, 2.24) is 14.3 Å². The minimum atomic E-state index is -3.13. The predicted octanol–water partition coefficient (Wildman–Crippen LogP) is 1.49. The van der Waals surface area contributed by atoms with Gasteiger partial charge in [-0.3, -0.25) is 0 Å². The van der Waals surface area contributed by atoms with E-state index in [2.05, 4.69) is 14.9 Å². The van der Waals surface area contributed by atoms with E-state index in [0.29, 0.717) is 0 Å². The Kier molecular flexibility index (Phi) is 4.01. The van der Waals surface area contributed by atoms with Crippen LogP contribution in [0.5, 0.6) is 0 Å². The summed E-state index contributed by atoms with van der Waals surface area (Å²) < 4.78 is 24.8. The summed E-state index contributed by atoms with van der Waals surface area (Å²) in [7, 11) is -1.47. The summed E-state index contributed by atoms with van der Waals surface area (Å²) in [5.74, 6) is 0.936. The SMILES string of the molecule is CN(C1CCN(c2ncnc3ccccc23)CC1)S(C)(=O)=O. The average molecular weight is 320 g/mol. The van der Waals surface area contributed by atoms with Crippen LogP contribution in [0.3, 0.4) is 0 Å². The molecule has 0 unspecified atom stereocenters. The molecule has 118 valence electrons. The quantitative estimate of drug-likeness (QED) is 0.857. The smallest absolute Gasteiger partial charge is 0.211 e. The summed E-state index contributed by atoms with van der Waals surface area (Å²) in [4.78, 5) is 10.9. The molecule has 0 N–H and O–H groups in total. The zero-order valence-electron chi connectivity index (χ0n) is 12.8. The molecule has 1 aromatic heterocycles. The number of anilines is 1. The van der Waals surface area contributed by atoms with Crippen LogP contribution in [0.15, 0.2) is 30.6 Å². The van der Waals surface area contributed by atoms with Gasteiger partial charge < -0.3 is 4.90 Å². The minimum absolute atomic E-state index is 0.0688. The van der Waals surface area contributed by atoms with Crippen molar-refractivity contribution < 1.29 is 8.42 Å². The number of sulfonamides is 1. The highest BCUT2D eigenvalue weighted by Gasteiger charge is 2.28. The van der Waals surface area contributed by atoms with Crippen molar-refractivity contribution in [3.63, 3.8) is 0 Å². The van der Waals surface area contributed by atoms with Crippen molar-refractivity contribution >= 4 is 26.7 Å². The highest BCUT2D eigenvalue weighted by Crippen LogP contribution is 2.26. The van der Waals surface area contributed by atoms with Crippen molar-refractivity contribution in [3.05, 3.63) is 30.6 Å². The Balaban J connectivity index is 1.79. The van der Waals surface area contributed by atoms with Gasteiger partial charge in [-0.1, -0.05) is 12.1 Å². The van der Waals surface area contributed by atoms with Crippen LogP contribution in [0, 0.1) is 0 Å². The van der Waals surface area contributed by atoms with Crippen molar-refractivity contribution in [3.8, 4) is 0 Å². The zero-order valence-corrected chi connectivity index (χ0v) is 13.6. The van der Waals surface area contributed by atoms with Gasteiger partial charge in [-0.25, -0.2) is 22.7 Å². The number of benzene rings is 1. The van der Waals surface area contributed by atoms with Gasteiger partial charge in [-0.2, -0.15) is 0 Å². The first-order valence-corrected chi connectivity index (χ1v) is 9.19. The molecule has 1 saturated heterocycles. The van der Waals surface area contributed by atoms with Gasteiger partial charge >= 0.3 is 0 Å². The van der Waals surface area contributed by atoms with Gasteiger partial charge in [0.25, 0.3) is 0 Å². The third kappa shape index (κ3) is 2.91. The second-order valence-electron chi connectivity index (χ2n) is 5.71. The minimum Gasteiger partial charge on any atom is -0.356 e. The number of para-hydroxylation sites is 1. The lowest BCUT2D eigenvalue weighted by Crippen LogP contribution is -2.45. The molecule has 1 aliphatic heterocycles. The Labute approximate surface area is 130 Å². The molecule has 2 heterocycles. The summed E-state index contributed by atoms with van der Waals surface area (Å²) >= 11 is 0. The number of hydrogen-bond donors (Lipinski definition) is 0. The van der Waals surface area contributed by atoms with E-state index in [9.17, 15) is 8.42 Å². The molecule has 2 aromatic rings. The van der Waals surface area contributed by atoms with Crippen LogP contribution in [0.4, 0.5) is 5.82 Å². The van der Waals surface area contributed by atoms with E-state index in [1.54, 1.807) is 13.4 Å². The lowest BCUT2D eigenvalue weighted by Gasteiger charge is -2.36. The van der Waals surface area contributed by atoms with E-state index in [0.717, 1.165) is 42.7 Å². The molecule has 0 spiro atoms. The summed E-state index contributed by atoms with van der Waals surface area (Å²) in [6, 6.07) is 8.02. The molecule has 0 bridgehead atoms. The van der Waals surface area contributed by atoms with Crippen molar-refractivity contribution in [1.29, 1.82) is 0 Å². The fourth-order valence-corrected chi connectivity index (χ4v) is 3.71. The van der Waals surface area contributed by atoms with Gasteiger partial charge in [0.15, 0.2) is 0 Å². The summed E-state index contributed by atoms with van der Waals surface area (Å²) in [6.07, 6.45) is 4.47. The molecule has 1 fully saturated rings. The zero-order chi connectivity index (χ0) is 15.7. The average Bonchev–Trinajstić information content (AvgIpc) is 2.53. The lowest BCUT2D eigenvalue weighted by atomic mass is 10.0. The monoisotopic (exact) mass is 320 g/mol. The van der Waals surface area contributed by atoms with Crippen LogP contribution in [-0.4, -0.2) is 55.1 Å². The first-order chi connectivity index (χ1) is 10.5. The van der Waals surface area contributed by atoms with E-state index < -0.39 is 10.0 Å². The van der Waals surface area contributed by atoms with Gasteiger partial charge in [-0.15, -0.1) is 0 Å². The molecule has 0 aliphatic carbocycles. The number of fused-ring (bicyclic) bond motifs is 1. The fourth-order valence-electron chi connectivity index (χ4n) is 2.95. The second kappa shape index (κ2) is 5.81. The van der Waals surface area contributed by atoms with Gasteiger partial charge in [0.05, 0.1) is 11.8 Å². The Morgan fingerprint density at radius 1 is 1.18 bits per heavy atom. The molecule has 0 amide bonds. The highest BCUT2D eigenvalue weighted by atomic mass is 32.2. The van der Waals surface area contributed by atoms with Crippen molar-refractivity contribution in [2.75, 3.05) is 31.3 Å². The first kappa shape index (κ1) is 15.2. The number of piperidine rings is 1. The molecule has 0 atom stereocenters. The van der Waals surface area contributed by atoms with E-state index in [1.807, 2.05) is 24.3 Å². The number of aromatic nitrogens is 2. The molecule has 0 radical (unpaired) electrons. The van der Waals surface area contributed by atoms with Crippen LogP contribution >= 0.6 is 0 Å². The largest absolute Gasteiger partial charge is 0.356 e. The Bertz CT molecular complexity index is 765. The van der Waals surface area contributed by atoms with E-state index in [1.165, 1.54) is 10.6 Å². The van der Waals surface area contributed by atoms with Crippen LogP contribution in [0.25, 0.3) is 10.9 Å². The first-order valence-electron chi connectivity index (χ1n) is 7.34. The third-order valence-corrected chi connectivity index (χ3v) is 5.67. The summed E-state index contributed by atoms with van der Waals surface area (Å²) in [5, 5.41) is 1.04. The standard InChI is InChI=1S/C15H20N4O2S/c1-18(22(2,20)21)12-7-9-19(10-8-12)15-13-5-3-4-6-14(13)16-11-17-15/h3-6,11-12H,7-10H2,1-2H3. The summed E-state index contributed by atoms with van der Waals surface area (Å²) in [5.41, 5.74) is 0.933. The Morgan fingerprint density at radius 3 is 2.55 bits per heavy atom. The molecule has 22 heavy (non-hydrogen) atoms. The maximum Gasteiger partial charge on any atom is 0.211 e.